The van der Waals surface area contributed by atoms with Gasteiger partial charge in [0.2, 0.25) is 0 Å². The summed E-state index contributed by atoms with van der Waals surface area (Å²) in [7, 11) is 0. The molecule has 2 heteroatoms. The van der Waals surface area contributed by atoms with E-state index in [9.17, 15) is 0 Å². The quantitative estimate of drug-likeness (QED) is 0.694. The SMILES string of the molecule is CCC(C#N)(NC1CC1)C(C)C. The van der Waals surface area contributed by atoms with Crippen LogP contribution in [0.4, 0.5) is 0 Å². The van der Waals surface area contributed by atoms with E-state index in [0.29, 0.717) is 12.0 Å². The molecule has 0 saturated heterocycles. The fourth-order valence-electron chi connectivity index (χ4n) is 1.51. The summed E-state index contributed by atoms with van der Waals surface area (Å²) in [6, 6.07) is 3.04. The minimum absolute atomic E-state index is 0.277. The Bertz CT molecular complexity index is 189. The first-order valence-corrected chi connectivity index (χ1v) is 4.83. The molecule has 0 radical (unpaired) electrons. The summed E-state index contributed by atoms with van der Waals surface area (Å²) < 4.78 is 0. The molecule has 0 bridgehead atoms. The van der Waals surface area contributed by atoms with Crippen molar-refractivity contribution < 1.29 is 0 Å². The van der Waals surface area contributed by atoms with Crippen LogP contribution in [0.2, 0.25) is 0 Å². The Kier molecular flexibility index (Phi) is 2.74. The summed E-state index contributed by atoms with van der Waals surface area (Å²) in [6.07, 6.45) is 3.39. The molecule has 0 aliphatic heterocycles. The van der Waals surface area contributed by atoms with Gasteiger partial charge in [0.1, 0.15) is 5.54 Å². The van der Waals surface area contributed by atoms with Crippen molar-refractivity contribution in [2.24, 2.45) is 5.92 Å². The Morgan fingerprint density at radius 2 is 2.17 bits per heavy atom. The molecular formula is C10H18N2. The highest BCUT2D eigenvalue weighted by molar-refractivity contribution is 5.11. The second-order valence-electron chi connectivity index (χ2n) is 4.01. The minimum Gasteiger partial charge on any atom is -0.296 e. The smallest absolute Gasteiger partial charge is 0.109 e. The van der Waals surface area contributed by atoms with E-state index in [2.05, 4.69) is 32.2 Å². The fourth-order valence-corrected chi connectivity index (χ4v) is 1.51. The van der Waals surface area contributed by atoms with Gasteiger partial charge >= 0.3 is 0 Å². The van der Waals surface area contributed by atoms with E-state index >= 15 is 0 Å². The van der Waals surface area contributed by atoms with Crippen LogP contribution in [0, 0.1) is 17.2 Å². The predicted octanol–water partition coefficient (Wildman–Crippen LogP) is 2.07. The lowest BCUT2D eigenvalue weighted by Crippen LogP contribution is -2.49. The van der Waals surface area contributed by atoms with Crippen molar-refractivity contribution in [1.82, 2.24) is 5.32 Å². The normalized spacial score (nSPS) is 21.9. The largest absolute Gasteiger partial charge is 0.296 e. The molecule has 1 unspecified atom stereocenters. The van der Waals surface area contributed by atoms with E-state index in [0.717, 1.165) is 6.42 Å². The summed E-state index contributed by atoms with van der Waals surface area (Å²) >= 11 is 0. The van der Waals surface area contributed by atoms with Crippen LogP contribution in [0.5, 0.6) is 0 Å². The van der Waals surface area contributed by atoms with E-state index < -0.39 is 0 Å². The second-order valence-corrected chi connectivity index (χ2v) is 4.01. The predicted molar refractivity (Wildman–Crippen MR) is 49.6 cm³/mol. The second kappa shape index (κ2) is 3.45. The van der Waals surface area contributed by atoms with E-state index in [4.69, 9.17) is 5.26 Å². The molecular weight excluding hydrogens is 148 g/mol. The molecule has 0 spiro atoms. The van der Waals surface area contributed by atoms with Crippen molar-refractivity contribution in [3.63, 3.8) is 0 Å². The Morgan fingerprint density at radius 1 is 1.58 bits per heavy atom. The van der Waals surface area contributed by atoms with Crippen LogP contribution in [0.25, 0.3) is 0 Å². The van der Waals surface area contributed by atoms with Crippen molar-refractivity contribution in [2.75, 3.05) is 0 Å². The maximum Gasteiger partial charge on any atom is 0.109 e. The van der Waals surface area contributed by atoms with Crippen LogP contribution in [0.3, 0.4) is 0 Å². The van der Waals surface area contributed by atoms with E-state index in [1.807, 2.05) is 0 Å². The zero-order valence-electron chi connectivity index (χ0n) is 8.22. The number of nitrogens with one attached hydrogen (secondary N) is 1. The molecule has 1 aliphatic carbocycles. The van der Waals surface area contributed by atoms with Crippen LogP contribution >= 0.6 is 0 Å². The molecule has 0 aromatic heterocycles. The molecule has 68 valence electrons. The first-order chi connectivity index (χ1) is 5.64. The molecule has 1 N–H and O–H groups in total. The summed E-state index contributed by atoms with van der Waals surface area (Å²) in [6.45, 7) is 6.31. The van der Waals surface area contributed by atoms with Crippen molar-refractivity contribution in [2.45, 2.75) is 51.6 Å². The van der Waals surface area contributed by atoms with Gasteiger partial charge in [0.25, 0.3) is 0 Å². The third-order valence-electron chi connectivity index (χ3n) is 2.78. The molecule has 0 aromatic carbocycles. The standard InChI is InChI=1S/C10H18N2/c1-4-10(7-11,8(2)3)12-9-5-6-9/h8-9,12H,4-6H2,1-3H3. The molecule has 12 heavy (non-hydrogen) atoms. The molecule has 0 amide bonds. The van der Waals surface area contributed by atoms with Gasteiger partial charge in [-0.05, 0) is 25.2 Å². The number of nitriles is 1. The van der Waals surface area contributed by atoms with Gasteiger partial charge < -0.3 is 0 Å². The highest BCUT2D eigenvalue weighted by atomic mass is 15.0. The van der Waals surface area contributed by atoms with Crippen LogP contribution < -0.4 is 5.32 Å². The van der Waals surface area contributed by atoms with Crippen molar-refractivity contribution in [3.05, 3.63) is 0 Å². The zero-order valence-corrected chi connectivity index (χ0v) is 8.22. The Labute approximate surface area is 75.0 Å². The number of rotatable bonds is 4. The maximum absolute atomic E-state index is 9.11. The Hall–Kier alpha value is -0.550. The van der Waals surface area contributed by atoms with E-state index in [1.54, 1.807) is 0 Å². The highest BCUT2D eigenvalue weighted by Crippen LogP contribution is 2.28. The zero-order chi connectivity index (χ0) is 9.19. The average Bonchev–Trinajstić information content (AvgIpc) is 2.83. The summed E-state index contributed by atoms with van der Waals surface area (Å²) in [5, 5.41) is 12.6. The van der Waals surface area contributed by atoms with Crippen LogP contribution in [0.1, 0.15) is 40.0 Å². The van der Waals surface area contributed by atoms with Crippen molar-refractivity contribution >= 4 is 0 Å². The number of hydrogen-bond acceptors (Lipinski definition) is 2. The van der Waals surface area contributed by atoms with Gasteiger partial charge in [-0.1, -0.05) is 20.8 Å². The number of hydrogen-bond donors (Lipinski definition) is 1. The Balaban J connectivity index is 2.62. The van der Waals surface area contributed by atoms with Gasteiger partial charge in [-0.15, -0.1) is 0 Å². The lowest BCUT2D eigenvalue weighted by atomic mass is 9.85. The summed E-state index contributed by atoms with van der Waals surface area (Å²) in [5.74, 6) is 0.396. The molecule has 1 fully saturated rings. The van der Waals surface area contributed by atoms with Gasteiger partial charge in [-0.3, -0.25) is 5.32 Å². The van der Waals surface area contributed by atoms with Crippen molar-refractivity contribution in [3.8, 4) is 6.07 Å². The summed E-state index contributed by atoms with van der Waals surface area (Å²) in [4.78, 5) is 0. The number of nitrogens with zero attached hydrogens (tertiary/aromatic N) is 1. The lowest BCUT2D eigenvalue weighted by Gasteiger charge is -2.30. The van der Waals surface area contributed by atoms with Crippen LogP contribution in [0.15, 0.2) is 0 Å². The lowest BCUT2D eigenvalue weighted by molar-refractivity contribution is 0.297. The van der Waals surface area contributed by atoms with Crippen molar-refractivity contribution in [1.29, 1.82) is 5.26 Å². The highest BCUT2D eigenvalue weighted by Gasteiger charge is 2.37. The maximum atomic E-state index is 9.11. The van der Waals surface area contributed by atoms with E-state index in [-0.39, 0.29) is 5.54 Å². The Morgan fingerprint density at radius 3 is 2.42 bits per heavy atom. The molecule has 2 nitrogen and oxygen atoms in total. The third kappa shape index (κ3) is 1.78. The van der Waals surface area contributed by atoms with Gasteiger partial charge in [-0.2, -0.15) is 5.26 Å². The van der Waals surface area contributed by atoms with Crippen LogP contribution in [-0.2, 0) is 0 Å². The first kappa shape index (κ1) is 9.54. The van der Waals surface area contributed by atoms with E-state index in [1.165, 1.54) is 12.8 Å². The van der Waals surface area contributed by atoms with Gasteiger partial charge in [0.05, 0.1) is 6.07 Å². The molecule has 0 heterocycles. The third-order valence-corrected chi connectivity index (χ3v) is 2.78. The van der Waals surface area contributed by atoms with Crippen LogP contribution in [-0.4, -0.2) is 11.6 Å². The van der Waals surface area contributed by atoms with Gasteiger partial charge in [0, 0.05) is 6.04 Å². The molecule has 1 saturated carbocycles. The molecule has 1 atom stereocenters. The first-order valence-electron chi connectivity index (χ1n) is 4.83. The summed E-state index contributed by atoms with van der Waals surface area (Å²) in [5.41, 5.74) is -0.277. The average molecular weight is 166 g/mol. The molecule has 1 rings (SSSR count). The fraction of sp³-hybridized carbons (Fsp3) is 0.900. The minimum atomic E-state index is -0.277. The molecule has 1 aliphatic rings. The topological polar surface area (TPSA) is 35.8 Å². The van der Waals surface area contributed by atoms with Gasteiger partial charge in [0.15, 0.2) is 0 Å². The monoisotopic (exact) mass is 166 g/mol. The molecule has 0 aromatic rings. The van der Waals surface area contributed by atoms with Gasteiger partial charge in [-0.25, -0.2) is 0 Å².